The summed E-state index contributed by atoms with van der Waals surface area (Å²) >= 11 is 0. The van der Waals surface area contributed by atoms with Crippen LogP contribution in [0.5, 0.6) is 5.75 Å². The van der Waals surface area contributed by atoms with E-state index in [0.29, 0.717) is 5.75 Å². The third-order valence-corrected chi connectivity index (χ3v) is 5.86. The molecule has 1 saturated carbocycles. The molecule has 0 amide bonds. The molecule has 146 valence electrons. The van der Waals surface area contributed by atoms with E-state index in [4.69, 9.17) is 4.74 Å². The molecule has 0 unspecified atom stereocenters. The Hall–Kier alpha value is -1.31. The summed E-state index contributed by atoms with van der Waals surface area (Å²) in [5, 5.41) is 0. The predicted octanol–water partition coefficient (Wildman–Crippen LogP) is 7.10. The summed E-state index contributed by atoms with van der Waals surface area (Å²) in [6, 6.07) is 8.14. The third-order valence-electron chi connectivity index (χ3n) is 5.86. The zero-order valence-corrected chi connectivity index (χ0v) is 17.0. The fourth-order valence-corrected chi connectivity index (χ4v) is 4.05. The highest BCUT2D eigenvalue weighted by molar-refractivity contribution is 5.75. The van der Waals surface area contributed by atoms with E-state index in [1.807, 2.05) is 12.1 Å². The van der Waals surface area contributed by atoms with Crippen LogP contribution in [-0.4, -0.2) is 5.97 Å². The van der Waals surface area contributed by atoms with Crippen LogP contribution in [0.2, 0.25) is 0 Å². The van der Waals surface area contributed by atoms with Crippen LogP contribution in [0.4, 0.5) is 0 Å². The number of hydrogen-bond acceptors (Lipinski definition) is 2. The van der Waals surface area contributed by atoms with E-state index in [2.05, 4.69) is 26.0 Å². The molecule has 0 aromatic heterocycles. The molecule has 1 fully saturated rings. The Morgan fingerprint density at radius 3 is 2.19 bits per heavy atom. The van der Waals surface area contributed by atoms with Gasteiger partial charge in [0.25, 0.3) is 0 Å². The predicted molar refractivity (Wildman–Crippen MR) is 110 cm³/mol. The minimum atomic E-state index is -0.0206. The van der Waals surface area contributed by atoms with Crippen molar-refractivity contribution in [1.82, 2.24) is 0 Å². The second-order valence-electron chi connectivity index (χ2n) is 8.09. The van der Waals surface area contributed by atoms with Crippen LogP contribution < -0.4 is 4.74 Å². The number of carbonyl (C=O) groups is 1. The number of esters is 1. The van der Waals surface area contributed by atoms with E-state index in [1.54, 1.807) is 0 Å². The van der Waals surface area contributed by atoms with Gasteiger partial charge in [0.1, 0.15) is 5.75 Å². The van der Waals surface area contributed by atoms with Gasteiger partial charge in [0.15, 0.2) is 0 Å². The number of unbranched alkanes of at least 4 members (excludes halogenated alkanes) is 5. The van der Waals surface area contributed by atoms with Gasteiger partial charge < -0.3 is 4.74 Å². The maximum Gasteiger partial charge on any atom is 0.314 e. The van der Waals surface area contributed by atoms with Crippen LogP contribution in [0.25, 0.3) is 0 Å². The molecule has 0 saturated heterocycles. The number of ether oxygens (including phenoxy) is 1. The normalized spacial score (nSPS) is 20.1. The van der Waals surface area contributed by atoms with Gasteiger partial charge in [-0.2, -0.15) is 0 Å². The summed E-state index contributed by atoms with van der Waals surface area (Å²) in [7, 11) is 0. The SMILES string of the molecule is CCCCCCc1ccc(OC(=O)C2CCC(CCCCC)CC2)cc1. The van der Waals surface area contributed by atoms with Gasteiger partial charge in [-0.25, -0.2) is 0 Å². The number of hydrogen-bond donors (Lipinski definition) is 0. The van der Waals surface area contributed by atoms with Gasteiger partial charge in [0.2, 0.25) is 0 Å². The van der Waals surface area contributed by atoms with Crippen LogP contribution in [0, 0.1) is 11.8 Å². The summed E-state index contributed by atoms with van der Waals surface area (Å²) in [4.78, 5) is 12.4. The maximum atomic E-state index is 12.4. The average Bonchev–Trinajstić information content (AvgIpc) is 2.67. The zero-order chi connectivity index (χ0) is 18.6. The van der Waals surface area contributed by atoms with Crippen LogP contribution in [0.15, 0.2) is 24.3 Å². The molecule has 2 nitrogen and oxygen atoms in total. The summed E-state index contributed by atoms with van der Waals surface area (Å²) in [5.41, 5.74) is 1.34. The van der Waals surface area contributed by atoms with E-state index in [-0.39, 0.29) is 11.9 Å². The summed E-state index contributed by atoms with van der Waals surface area (Å²) < 4.78 is 5.65. The van der Waals surface area contributed by atoms with Crippen molar-refractivity contribution in [3.05, 3.63) is 29.8 Å². The van der Waals surface area contributed by atoms with Gasteiger partial charge in [0.05, 0.1) is 5.92 Å². The van der Waals surface area contributed by atoms with Crippen molar-refractivity contribution in [2.24, 2.45) is 11.8 Å². The Morgan fingerprint density at radius 2 is 1.54 bits per heavy atom. The number of rotatable bonds is 11. The monoisotopic (exact) mass is 358 g/mol. The quantitative estimate of drug-likeness (QED) is 0.239. The molecule has 0 heterocycles. The first kappa shape index (κ1) is 21.0. The topological polar surface area (TPSA) is 26.3 Å². The van der Waals surface area contributed by atoms with Crippen LogP contribution >= 0.6 is 0 Å². The first-order chi connectivity index (χ1) is 12.7. The van der Waals surface area contributed by atoms with E-state index in [9.17, 15) is 4.79 Å². The van der Waals surface area contributed by atoms with Gasteiger partial charge in [-0.1, -0.05) is 70.9 Å². The van der Waals surface area contributed by atoms with Gasteiger partial charge in [-0.3, -0.25) is 4.79 Å². The summed E-state index contributed by atoms with van der Waals surface area (Å²) in [6.45, 7) is 4.49. The largest absolute Gasteiger partial charge is 0.426 e. The Morgan fingerprint density at radius 1 is 0.885 bits per heavy atom. The van der Waals surface area contributed by atoms with Crippen molar-refractivity contribution >= 4 is 5.97 Å². The van der Waals surface area contributed by atoms with Gasteiger partial charge in [-0.05, 0) is 62.1 Å². The van der Waals surface area contributed by atoms with Crippen molar-refractivity contribution < 1.29 is 9.53 Å². The van der Waals surface area contributed by atoms with Crippen molar-refractivity contribution in [3.8, 4) is 5.75 Å². The molecule has 1 aliphatic rings. The zero-order valence-electron chi connectivity index (χ0n) is 17.0. The molecular formula is C24H38O2. The Bertz CT molecular complexity index is 497. The molecule has 1 aliphatic carbocycles. The van der Waals surface area contributed by atoms with E-state index in [0.717, 1.165) is 25.2 Å². The lowest BCUT2D eigenvalue weighted by molar-refractivity contribution is -0.140. The van der Waals surface area contributed by atoms with E-state index in [1.165, 1.54) is 69.8 Å². The summed E-state index contributed by atoms with van der Waals surface area (Å²) in [5.74, 6) is 1.62. The average molecular weight is 359 g/mol. The number of benzene rings is 1. The Labute approximate surface area is 160 Å². The van der Waals surface area contributed by atoms with Crippen LogP contribution in [0.3, 0.4) is 0 Å². The molecule has 0 radical (unpaired) electrons. The second-order valence-corrected chi connectivity index (χ2v) is 8.09. The van der Waals surface area contributed by atoms with Gasteiger partial charge in [0, 0.05) is 0 Å². The fourth-order valence-electron chi connectivity index (χ4n) is 4.05. The Kier molecular flexibility index (Phi) is 9.81. The molecule has 0 N–H and O–H groups in total. The minimum Gasteiger partial charge on any atom is -0.426 e. The maximum absolute atomic E-state index is 12.4. The highest BCUT2D eigenvalue weighted by Crippen LogP contribution is 2.33. The molecule has 26 heavy (non-hydrogen) atoms. The highest BCUT2D eigenvalue weighted by Gasteiger charge is 2.27. The molecule has 2 heteroatoms. The molecule has 0 atom stereocenters. The molecule has 0 bridgehead atoms. The smallest absolute Gasteiger partial charge is 0.314 e. The third kappa shape index (κ3) is 7.51. The van der Waals surface area contributed by atoms with Crippen LogP contribution in [-0.2, 0) is 11.2 Å². The summed E-state index contributed by atoms with van der Waals surface area (Å²) in [6.07, 6.45) is 16.0. The number of carbonyl (C=O) groups excluding carboxylic acids is 1. The first-order valence-electron chi connectivity index (χ1n) is 11.0. The second kappa shape index (κ2) is 12.1. The molecule has 1 aromatic rings. The first-order valence-corrected chi connectivity index (χ1v) is 11.0. The van der Waals surface area contributed by atoms with E-state index >= 15 is 0 Å². The molecule has 0 spiro atoms. The van der Waals surface area contributed by atoms with Gasteiger partial charge >= 0.3 is 5.97 Å². The van der Waals surface area contributed by atoms with Crippen LogP contribution in [0.1, 0.15) is 96.5 Å². The lowest BCUT2D eigenvalue weighted by atomic mass is 9.80. The lowest BCUT2D eigenvalue weighted by Gasteiger charge is -2.27. The van der Waals surface area contributed by atoms with Gasteiger partial charge in [-0.15, -0.1) is 0 Å². The molecular weight excluding hydrogens is 320 g/mol. The van der Waals surface area contributed by atoms with Crippen molar-refractivity contribution in [2.75, 3.05) is 0 Å². The lowest BCUT2D eigenvalue weighted by Crippen LogP contribution is -2.25. The molecule has 2 rings (SSSR count). The Balaban J connectivity index is 1.69. The minimum absolute atomic E-state index is 0.0206. The number of aryl methyl sites for hydroxylation is 1. The fraction of sp³-hybridized carbons (Fsp3) is 0.708. The van der Waals surface area contributed by atoms with Crippen molar-refractivity contribution in [1.29, 1.82) is 0 Å². The highest BCUT2D eigenvalue weighted by atomic mass is 16.5. The van der Waals surface area contributed by atoms with E-state index < -0.39 is 0 Å². The standard InChI is InChI=1S/C24H38O2/c1-3-5-7-9-11-21-14-18-23(19-15-21)26-24(25)22-16-12-20(13-17-22)10-8-6-4-2/h14-15,18-20,22H,3-13,16-17H2,1-2H3. The van der Waals surface area contributed by atoms with Crippen molar-refractivity contribution in [2.45, 2.75) is 97.3 Å². The molecule has 0 aliphatic heterocycles. The van der Waals surface area contributed by atoms with Crippen molar-refractivity contribution in [3.63, 3.8) is 0 Å². The molecule has 1 aromatic carbocycles.